The predicted octanol–water partition coefficient (Wildman–Crippen LogP) is 0.349. The summed E-state index contributed by atoms with van der Waals surface area (Å²) in [4.78, 5) is 4.11. The third-order valence-corrected chi connectivity index (χ3v) is 1.57. The highest BCUT2D eigenvalue weighted by Gasteiger charge is 2.03. The van der Waals surface area contributed by atoms with Crippen molar-refractivity contribution < 1.29 is 0 Å². The van der Waals surface area contributed by atoms with Gasteiger partial charge in [-0.05, 0) is 24.6 Å². The molecule has 0 amide bonds. The maximum atomic E-state index is 5.68. The smallest absolute Gasteiger partial charge is 0.0594 e. The van der Waals surface area contributed by atoms with Gasteiger partial charge in [0.2, 0.25) is 0 Å². The number of hydrogen-bond donors (Lipinski definition) is 2. The Morgan fingerprint density at radius 2 is 2.36 bits per heavy atom. The van der Waals surface area contributed by atoms with Gasteiger partial charge in [-0.1, -0.05) is 0 Å². The van der Waals surface area contributed by atoms with Gasteiger partial charge in [-0.2, -0.15) is 0 Å². The lowest BCUT2D eigenvalue weighted by Gasteiger charge is -2.07. The molecule has 0 radical (unpaired) electrons. The van der Waals surface area contributed by atoms with Crippen molar-refractivity contribution in [3.63, 3.8) is 0 Å². The van der Waals surface area contributed by atoms with Gasteiger partial charge in [-0.15, -0.1) is 0 Å². The minimum Gasteiger partial charge on any atom is -0.329 e. The number of aromatic nitrogens is 1. The largest absolute Gasteiger partial charge is 0.329 e. The molecule has 1 rings (SSSR count). The molecule has 60 valence electrons. The van der Waals surface area contributed by atoms with E-state index in [-0.39, 0.29) is 6.04 Å². The van der Waals surface area contributed by atoms with Crippen molar-refractivity contribution in [3.05, 3.63) is 29.6 Å². The van der Waals surface area contributed by atoms with Gasteiger partial charge in [0.15, 0.2) is 0 Å². The highest BCUT2D eigenvalue weighted by atomic mass is 14.8. The fourth-order valence-electron chi connectivity index (χ4n) is 0.883. The van der Waals surface area contributed by atoms with Crippen molar-refractivity contribution >= 4 is 0 Å². The molecular formula is C8H13N3. The first-order valence-electron chi connectivity index (χ1n) is 3.62. The Labute approximate surface area is 66.4 Å². The van der Waals surface area contributed by atoms with E-state index in [1.807, 2.05) is 19.1 Å². The van der Waals surface area contributed by atoms with Gasteiger partial charge in [0.25, 0.3) is 0 Å². The summed E-state index contributed by atoms with van der Waals surface area (Å²) in [7, 11) is 0. The summed E-state index contributed by atoms with van der Waals surface area (Å²) in [6.45, 7) is 2.45. The number of pyridine rings is 1. The molecule has 0 aromatic carbocycles. The third-order valence-electron chi connectivity index (χ3n) is 1.57. The van der Waals surface area contributed by atoms with Crippen molar-refractivity contribution in [3.8, 4) is 0 Å². The highest BCUT2D eigenvalue weighted by Crippen LogP contribution is 2.06. The molecule has 0 saturated heterocycles. The van der Waals surface area contributed by atoms with Gasteiger partial charge in [-0.25, -0.2) is 0 Å². The van der Waals surface area contributed by atoms with E-state index in [1.54, 1.807) is 6.20 Å². The van der Waals surface area contributed by atoms with Crippen molar-refractivity contribution in [2.75, 3.05) is 6.54 Å². The first-order chi connectivity index (χ1) is 5.24. The van der Waals surface area contributed by atoms with Crippen LogP contribution < -0.4 is 11.5 Å². The minimum atomic E-state index is -0.130. The zero-order valence-electron chi connectivity index (χ0n) is 6.62. The van der Waals surface area contributed by atoms with Crippen LogP contribution in [0.15, 0.2) is 18.3 Å². The van der Waals surface area contributed by atoms with E-state index in [0.29, 0.717) is 6.54 Å². The van der Waals surface area contributed by atoms with E-state index in [0.717, 1.165) is 5.69 Å². The van der Waals surface area contributed by atoms with Crippen molar-refractivity contribution in [1.82, 2.24) is 4.98 Å². The molecule has 1 heterocycles. The van der Waals surface area contributed by atoms with E-state index in [1.165, 1.54) is 5.56 Å². The normalized spacial score (nSPS) is 13.0. The molecule has 0 unspecified atom stereocenters. The van der Waals surface area contributed by atoms with Crippen LogP contribution >= 0.6 is 0 Å². The molecule has 0 bridgehead atoms. The SMILES string of the molecule is Cc1ccnc([C@@H](N)CN)c1. The van der Waals surface area contributed by atoms with Crippen LogP contribution in [-0.2, 0) is 0 Å². The summed E-state index contributed by atoms with van der Waals surface area (Å²) in [5.41, 5.74) is 13.1. The van der Waals surface area contributed by atoms with Crippen LogP contribution in [0.3, 0.4) is 0 Å². The number of aryl methyl sites for hydroxylation is 1. The van der Waals surface area contributed by atoms with Crippen LogP contribution in [0.25, 0.3) is 0 Å². The van der Waals surface area contributed by atoms with Crippen LogP contribution in [-0.4, -0.2) is 11.5 Å². The Morgan fingerprint density at radius 3 is 2.91 bits per heavy atom. The molecule has 0 aliphatic carbocycles. The fraction of sp³-hybridized carbons (Fsp3) is 0.375. The molecule has 1 atom stereocenters. The lowest BCUT2D eigenvalue weighted by atomic mass is 10.1. The molecule has 1 aromatic rings. The van der Waals surface area contributed by atoms with Gasteiger partial charge < -0.3 is 11.5 Å². The second-order valence-electron chi connectivity index (χ2n) is 2.60. The molecule has 1 aromatic heterocycles. The summed E-state index contributed by atoms with van der Waals surface area (Å²) in [6.07, 6.45) is 1.75. The summed E-state index contributed by atoms with van der Waals surface area (Å²) in [5, 5.41) is 0. The molecule has 0 aliphatic rings. The van der Waals surface area contributed by atoms with Gasteiger partial charge in [-0.3, -0.25) is 4.98 Å². The van der Waals surface area contributed by atoms with Gasteiger partial charge >= 0.3 is 0 Å². The maximum absolute atomic E-state index is 5.68. The van der Waals surface area contributed by atoms with Crippen molar-refractivity contribution in [2.45, 2.75) is 13.0 Å². The number of nitrogens with zero attached hydrogens (tertiary/aromatic N) is 1. The second-order valence-corrected chi connectivity index (χ2v) is 2.60. The minimum absolute atomic E-state index is 0.130. The van der Waals surface area contributed by atoms with E-state index in [2.05, 4.69) is 4.98 Å². The molecule has 3 nitrogen and oxygen atoms in total. The van der Waals surface area contributed by atoms with Crippen LogP contribution in [0.4, 0.5) is 0 Å². The quantitative estimate of drug-likeness (QED) is 0.641. The molecule has 3 heteroatoms. The number of nitrogens with two attached hydrogens (primary N) is 2. The Bertz CT molecular complexity index is 235. The van der Waals surface area contributed by atoms with Crippen LogP contribution in [0.1, 0.15) is 17.3 Å². The van der Waals surface area contributed by atoms with Crippen molar-refractivity contribution in [2.24, 2.45) is 11.5 Å². The van der Waals surface area contributed by atoms with E-state index < -0.39 is 0 Å². The Morgan fingerprint density at radius 1 is 1.64 bits per heavy atom. The highest BCUT2D eigenvalue weighted by molar-refractivity contribution is 5.16. The van der Waals surface area contributed by atoms with E-state index in [4.69, 9.17) is 11.5 Å². The Kier molecular flexibility index (Phi) is 2.57. The topological polar surface area (TPSA) is 64.9 Å². The number of rotatable bonds is 2. The average Bonchev–Trinajstić information content (AvgIpc) is 2.03. The average molecular weight is 151 g/mol. The van der Waals surface area contributed by atoms with Gasteiger partial charge in [0, 0.05) is 12.7 Å². The molecule has 0 spiro atoms. The maximum Gasteiger partial charge on any atom is 0.0594 e. The first kappa shape index (κ1) is 8.17. The monoisotopic (exact) mass is 151 g/mol. The molecule has 4 N–H and O–H groups in total. The second kappa shape index (κ2) is 3.46. The van der Waals surface area contributed by atoms with Gasteiger partial charge in [0.05, 0.1) is 11.7 Å². The number of hydrogen-bond acceptors (Lipinski definition) is 3. The summed E-state index contributed by atoms with van der Waals surface area (Å²) in [6, 6.07) is 3.76. The molecule has 11 heavy (non-hydrogen) atoms. The zero-order chi connectivity index (χ0) is 8.27. The summed E-state index contributed by atoms with van der Waals surface area (Å²) in [5.74, 6) is 0. The lowest BCUT2D eigenvalue weighted by molar-refractivity contribution is 0.710. The summed E-state index contributed by atoms with van der Waals surface area (Å²) >= 11 is 0. The predicted molar refractivity (Wildman–Crippen MR) is 45.0 cm³/mol. The molecule has 0 saturated carbocycles. The Hall–Kier alpha value is -0.930. The molecule has 0 fully saturated rings. The van der Waals surface area contributed by atoms with Crippen LogP contribution in [0.5, 0.6) is 0 Å². The van der Waals surface area contributed by atoms with Gasteiger partial charge in [0.1, 0.15) is 0 Å². The lowest BCUT2D eigenvalue weighted by Crippen LogP contribution is -2.21. The Balaban J connectivity index is 2.86. The van der Waals surface area contributed by atoms with Crippen LogP contribution in [0, 0.1) is 6.92 Å². The standard InChI is InChI=1S/C8H13N3/c1-6-2-3-11-8(4-6)7(10)5-9/h2-4,7H,5,9-10H2,1H3/t7-/m0/s1. The molecular weight excluding hydrogens is 138 g/mol. The summed E-state index contributed by atoms with van der Waals surface area (Å²) < 4.78 is 0. The molecule has 0 aliphatic heterocycles. The zero-order valence-corrected chi connectivity index (χ0v) is 6.62. The first-order valence-corrected chi connectivity index (χ1v) is 3.62. The fourth-order valence-corrected chi connectivity index (χ4v) is 0.883. The van der Waals surface area contributed by atoms with E-state index >= 15 is 0 Å². The third kappa shape index (κ3) is 2.00. The van der Waals surface area contributed by atoms with Crippen molar-refractivity contribution in [1.29, 1.82) is 0 Å². The van der Waals surface area contributed by atoms with Crippen LogP contribution in [0.2, 0.25) is 0 Å². The van der Waals surface area contributed by atoms with E-state index in [9.17, 15) is 0 Å².